The lowest BCUT2D eigenvalue weighted by molar-refractivity contribution is 0.250. The van der Waals surface area contributed by atoms with Crippen molar-refractivity contribution in [3.05, 3.63) is 24.6 Å². The van der Waals surface area contributed by atoms with Crippen LogP contribution in [0.2, 0.25) is 0 Å². The number of hydrogen-bond acceptors (Lipinski definition) is 3. The molecule has 0 spiro atoms. The summed E-state index contributed by atoms with van der Waals surface area (Å²) in [4.78, 5) is 15.4. The molecule has 2 aromatic rings. The van der Waals surface area contributed by atoms with E-state index >= 15 is 0 Å². The van der Waals surface area contributed by atoms with Crippen molar-refractivity contribution >= 4 is 22.8 Å². The van der Waals surface area contributed by atoms with E-state index in [-0.39, 0.29) is 12.1 Å². The van der Waals surface area contributed by atoms with E-state index in [2.05, 4.69) is 15.6 Å². The van der Waals surface area contributed by atoms with Crippen molar-refractivity contribution in [2.45, 2.75) is 19.9 Å². The number of oxazole rings is 1. The summed E-state index contributed by atoms with van der Waals surface area (Å²) in [6.45, 7) is 3.80. The second-order valence-electron chi connectivity index (χ2n) is 3.79. The topological polar surface area (TPSA) is 67.2 Å². The summed E-state index contributed by atoms with van der Waals surface area (Å²) in [6, 6.07) is 5.19. The summed E-state index contributed by atoms with van der Waals surface area (Å²) in [7, 11) is 0. The molecule has 0 bridgehead atoms. The maximum atomic E-state index is 11.4. The quantitative estimate of drug-likeness (QED) is 0.814. The number of rotatable bonds is 2. The van der Waals surface area contributed by atoms with Crippen LogP contribution in [0.1, 0.15) is 13.8 Å². The molecule has 1 heterocycles. The molecule has 2 amide bonds. The molecular weight excluding hydrogens is 206 g/mol. The molecule has 5 heteroatoms. The number of fused-ring (bicyclic) bond motifs is 1. The molecule has 16 heavy (non-hydrogen) atoms. The maximum Gasteiger partial charge on any atom is 0.319 e. The first-order valence-electron chi connectivity index (χ1n) is 5.06. The van der Waals surface area contributed by atoms with Gasteiger partial charge in [-0.1, -0.05) is 0 Å². The van der Waals surface area contributed by atoms with Gasteiger partial charge in [0.2, 0.25) is 0 Å². The lowest BCUT2D eigenvalue weighted by atomic mass is 10.3. The third-order valence-electron chi connectivity index (χ3n) is 2.01. The predicted molar refractivity (Wildman–Crippen MR) is 61.3 cm³/mol. The van der Waals surface area contributed by atoms with Gasteiger partial charge in [0.15, 0.2) is 12.0 Å². The highest BCUT2D eigenvalue weighted by Gasteiger charge is 2.05. The van der Waals surface area contributed by atoms with E-state index in [0.717, 1.165) is 5.52 Å². The van der Waals surface area contributed by atoms with Crippen LogP contribution in [0.25, 0.3) is 11.1 Å². The molecule has 0 saturated carbocycles. The van der Waals surface area contributed by atoms with E-state index < -0.39 is 0 Å². The van der Waals surface area contributed by atoms with Gasteiger partial charge in [0, 0.05) is 17.8 Å². The highest BCUT2D eigenvalue weighted by atomic mass is 16.3. The fourth-order valence-electron chi connectivity index (χ4n) is 1.36. The minimum absolute atomic E-state index is 0.106. The molecule has 0 aliphatic heterocycles. The van der Waals surface area contributed by atoms with Crippen molar-refractivity contribution in [1.29, 1.82) is 0 Å². The molecule has 84 valence electrons. The Balaban J connectivity index is 2.11. The Bertz CT molecular complexity index is 505. The zero-order chi connectivity index (χ0) is 11.5. The van der Waals surface area contributed by atoms with Crippen molar-refractivity contribution in [3.8, 4) is 0 Å². The van der Waals surface area contributed by atoms with Crippen LogP contribution in [-0.4, -0.2) is 17.1 Å². The number of carbonyl (C=O) groups is 1. The second-order valence-corrected chi connectivity index (χ2v) is 3.79. The Hall–Kier alpha value is -2.04. The number of hydrogen-bond donors (Lipinski definition) is 2. The zero-order valence-corrected chi connectivity index (χ0v) is 9.15. The second kappa shape index (κ2) is 4.22. The number of benzene rings is 1. The molecular formula is C11H13N3O2. The SMILES string of the molecule is CC(C)NC(=O)Nc1ccc2ncoc2c1. The molecule has 1 aromatic heterocycles. The molecule has 0 unspecified atom stereocenters. The number of nitrogens with zero attached hydrogens (tertiary/aromatic N) is 1. The van der Waals surface area contributed by atoms with Gasteiger partial charge in [-0.2, -0.15) is 0 Å². The van der Waals surface area contributed by atoms with Crippen LogP contribution in [0.15, 0.2) is 29.0 Å². The molecule has 0 fully saturated rings. The minimum Gasteiger partial charge on any atom is -0.443 e. The van der Waals surface area contributed by atoms with Crippen LogP contribution < -0.4 is 10.6 Å². The summed E-state index contributed by atoms with van der Waals surface area (Å²) in [6.07, 6.45) is 1.38. The Morgan fingerprint density at radius 2 is 2.25 bits per heavy atom. The summed E-state index contributed by atoms with van der Waals surface area (Å²) in [5.41, 5.74) is 2.11. The van der Waals surface area contributed by atoms with Gasteiger partial charge in [-0.25, -0.2) is 9.78 Å². The number of urea groups is 1. The highest BCUT2D eigenvalue weighted by Crippen LogP contribution is 2.17. The van der Waals surface area contributed by atoms with Crippen LogP contribution in [0.4, 0.5) is 10.5 Å². The van der Waals surface area contributed by atoms with Crippen LogP contribution in [0.5, 0.6) is 0 Å². The summed E-state index contributed by atoms with van der Waals surface area (Å²) in [5, 5.41) is 5.45. The highest BCUT2D eigenvalue weighted by molar-refractivity contribution is 5.91. The lowest BCUT2D eigenvalue weighted by Crippen LogP contribution is -2.34. The van der Waals surface area contributed by atoms with E-state index in [0.29, 0.717) is 11.3 Å². The molecule has 0 atom stereocenters. The van der Waals surface area contributed by atoms with Crippen LogP contribution in [0.3, 0.4) is 0 Å². The van der Waals surface area contributed by atoms with E-state index in [9.17, 15) is 4.79 Å². The van der Waals surface area contributed by atoms with Gasteiger partial charge in [0.05, 0.1) is 0 Å². The molecule has 0 aliphatic carbocycles. The lowest BCUT2D eigenvalue weighted by Gasteiger charge is -2.09. The van der Waals surface area contributed by atoms with Crippen LogP contribution in [0, 0.1) is 0 Å². The van der Waals surface area contributed by atoms with Gasteiger partial charge in [0.25, 0.3) is 0 Å². The Labute approximate surface area is 92.8 Å². The molecule has 1 aromatic carbocycles. The molecule has 2 rings (SSSR count). The van der Waals surface area contributed by atoms with E-state index in [4.69, 9.17) is 4.42 Å². The van der Waals surface area contributed by atoms with Gasteiger partial charge in [-0.3, -0.25) is 0 Å². The number of amides is 2. The largest absolute Gasteiger partial charge is 0.443 e. The average Bonchev–Trinajstić information content (AvgIpc) is 2.63. The van der Waals surface area contributed by atoms with E-state index in [1.54, 1.807) is 18.2 Å². The molecule has 2 N–H and O–H groups in total. The Morgan fingerprint density at radius 3 is 3.00 bits per heavy atom. The smallest absolute Gasteiger partial charge is 0.319 e. The fraction of sp³-hybridized carbons (Fsp3) is 0.273. The summed E-state index contributed by atoms with van der Waals surface area (Å²) in [5.74, 6) is 0. The van der Waals surface area contributed by atoms with Gasteiger partial charge in [-0.05, 0) is 26.0 Å². The average molecular weight is 219 g/mol. The van der Waals surface area contributed by atoms with Crippen molar-refractivity contribution in [3.63, 3.8) is 0 Å². The van der Waals surface area contributed by atoms with Crippen molar-refractivity contribution in [2.24, 2.45) is 0 Å². The zero-order valence-electron chi connectivity index (χ0n) is 9.15. The van der Waals surface area contributed by atoms with E-state index in [1.165, 1.54) is 6.39 Å². The van der Waals surface area contributed by atoms with Gasteiger partial charge in [-0.15, -0.1) is 0 Å². The van der Waals surface area contributed by atoms with Gasteiger partial charge in [0.1, 0.15) is 5.52 Å². The molecule has 5 nitrogen and oxygen atoms in total. The van der Waals surface area contributed by atoms with Crippen molar-refractivity contribution in [2.75, 3.05) is 5.32 Å². The predicted octanol–water partition coefficient (Wildman–Crippen LogP) is 2.36. The Morgan fingerprint density at radius 1 is 1.44 bits per heavy atom. The number of aromatic nitrogens is 1. The van der Waals surface area contributed by atoms with Crippen molar-refractivity contribution < 1.29 is 9.21 Å². The summed E-state index contributed by atoms with van der Waals surface area (Å²) >= 11 is 0. The first kappa shape index (κ1) is 10.5. The number of anilines is 1. The standard InChI is InChI=1S/C11H13N3O2/c1-7(2)13-11(15)14-8-3-4-9-10(5-8)16-6-12-9/h3-7H,1-2H3,(H2,13,14,15). The minimum atomic E-state index is -0.228. The van der Waals surface area contributed by atoms with Gasteiger partial charge >= 0.3 is 6.03 Å². The number of nitrogens with one attached hydrogen (secondary N) is 2. The first-order valence-corrected chi connectivity index (χ1v) is 5.06. The monoisotopic (exact) mass is 219 g/mol. The third kappa shape index (κ3) is 2.31. The molecule has 0 aliphatic rings. The summed E-state index contributed by atoms with van der Waals surface area (Å²) < 4.78 is 5.14. The normalized spacial score (nSPS) is 10.7. The van der Waals surface area contributed by atoms with Gasteiger partial charge < -0.3 is 15.1 Å². The first-order chi connectivity index (χ1) is 7.65. The maximum absolute atomic E-state index is 11.4. The fourth-order valence-corrected chi connectivity index (χ4v) is 1.36. The molecule has 0 radical (unpaired) electrons. The van der Waals surface area contributed by atoms with Crippen LogP contribution in [-0.2, 0) is 0 Å². The van der Waals surface area contributed by atoms with E-state index in [1.807, 2.05) is 13.8 Å². The molecule has 0 saturated heterocycles. The van der Waals surface area contributed by atoms with Crippen LogP contribution >= 0.6 is 0 Å². The third-order valence-corrected chi connectivity index (χ3v) is 2.01. The Kier molecular flexibility index (Phi) is 2.76. The van der Waals surface area contributed by atoms with Crippen molar-refractivity contribution in [1.82, 2.24) is 10.3 Å². The number of carbonyl (C=O) groups excluding carboxylic acids is 1.